The number of carbonyl (C=O) groups excluding carboxylic acids is 1. The van der Waals surface area contributed by atoms with E-state index < -0.39 is 11.7 Å². The summed E-state index contributed by atoms with van der Waals surface area (Å²) < 4.78 is 19.8. The third kappa shape index (κ3) is 5.03. The minimum absolute atomic E-state index is 0.189. The van der Waals surface area contributed by atoms with Crippen molar-refractivity contribution in [2.45, 2.75) is 58.1 Å². The first-order valence-electron chi connectivity index (χ1n) is 9.81. The van der Waals surface area contributed by atoms with Gasteiger partial charge in [0.05, 0.1) is 17.1 Å². The number of hydrogen-bond acceptors (Lipinski definition) is 5. The number of nitrogens with two attached hydrogens (primary N) is 1. The molecule has 0 radical (unpaired) electrons. The van der Waals surface area contributed by atoms with E-state index in [1.165, 1.54) is 32.0 Å². The van der Waals surface area contributed by atoms with Gasteiger partial charge in [0.1, 0.15) is 11.4 Å². The molecule has 0 aliphatic carbocycles. The highest BCUT2D eigenvalue weighted by Gasteiger charge is 2.28. The third-order valence-corrected chi connectivity index (χ3v) is 5.22. The number of benzene rings is 1. The molecule has 27 heavy (non-hydrogen) atoms. The smallest absolute Gasteiger partial charge is 0.412 e. The molecule has 1 aromatic rings. The van der Waals surface area contributed by atoms with Gasteiger partial charge in [-0.2, -0.15) is 0 Å². The minimum atomic E-state index is -0.612. The number of hydrogen-bond donors (Lipinski definition) is 2. The standard InChI is InChI=1S/C20H31FN4O2/c1-20(2,3)27-19(26)23-17-13-18(15(21)12-16(17)22)25-10-6-14(7-11-25)24-8-4-5-9-24/h12-14H,4-11,22H2,1-3H3,(H,23,26). The van der Waals surface area contributed by atoms with Gasteiger partial charge in [0.25, 0.3) is 0 Å². The van der Waals surface area contributed by atoms with Gasteiger partial charge in [-0.25, -0.2) is 9.18 Å². The molecule has 0 bridgehead atoms. The highest BCUT2D eigenvalue weighted by Crippen LogP contribution is 2.32. The molecule has 0 aromatic heterocycles. The number of amides is 1. The van der Waals surface area contributed by atoms with Crippen LogP contribution in [0.1, 0.15) is 46.5 Å². The van der Waals surface area contributed by atoms with Crippen molar-refractivity contribution >= 4 is 23.2 Å². The first kappa shape index (κ1) is 19.7. The summed E-state index contributed by atoms with van der Waals surface area (Å²) in [5.74, 6) is -0.359. The Morgan fingerprint density at radius 3 is 2.41 bits per heavy atom. The van der Waals surface area contributed by atoms with Crippen LogP contribution >= 0.6 is 0 Å². The largest absolute Gasteiger partial charge is 0.444 e. The van der Waals surface area contributed by atoms with E-state index >= 15 is 0 Å². The lowest BCUT2D eigenvalue weighted by Crippen LogP contribution is -2.44. The van der Waals surface area contributed by atoms with Crippen molar-refractivity contribution in [3.05, 3.63) is 17.9 Å². The van der Waals surface area contributed by atoms with Crippen LogP contribution in [0.25, 0.3) is 0 Å². The van der Waals surface area contributed by atoms with Gasteiger partial charge >= 0.3 is 6.09 Å². The number of nitrogens with zero attached hydrogens (tertiary/aromatic N) is 2. The summed E-state index contributed by atoms with van der Waals surface area (Å²) in [7, 11) is 0. The van der Waals surface area contributed by atoms with Gasteiger partial charge in [0, 0.05) is 25.2 Å². The molecule has 2 aliphatic heterocycles. The zero-order chi connectivity index (χ0) is 19.6. The normalized spacial score (nSPS) is 19.3. The number of carbonyl (C=O) groups is 1. The number of likely N-dealkylation sites (tertiary alicyclic amines) is 1. The average Bonchev–Trinajstić information content (AvgIpc) is 3.10. The van der Waals surface area contributed by atoms with E-state index in [-0.39, 0.29) is 11.5 Å². The molecule has 2 fully saturated rings. The Morgan fingerprint density at radius 2 is 1.81 bits per heavy atom. The van der Waals surface area contributed by atoms with Gasteiger partial charge in [0.2, 0.25) is 0 Å². The molecular weight excluding hydrogens is 347 g/mol. The van der Waals surface area contributed by atoms with Crippen LogP contribution in [0.5, 0.6) is 0 Å². The van der Waals surface area contributed by atoms with Crippen LogP contribution in [0.3, 0.4) is 0 Å². The molecule has 7 heteroatoms. The zero-order valence-corrected chi connectivity index (χ0v) is 16.6. The fraction of sp³-hybridized carbons (Fsp3) is 0.650. The predicted molar refractivity (Wildman–Crippen MR) is 107 cm³/mol. The monoisotopic (exact) mass is 378 g/mol. The first-order valence-corrected chi connectivity index (χ1v) is 9.81. The molecule has 0 atom stereocenters. The predicted octanol–water partition coefficient (Wildman–Crippen LogP) is 3.82. The molecule has 1 amide bonds. The number of halogens is 1. The SMILES string of the molecule is CC(C)(C)OC(=O)Nc1cc(N2CCC(N3CCCC3)CC2)c(F)cc1N. The average molecular weight is 378 g/mol. The molecule has 150 valence electrons. The number of nitrogens with one attached hydrogen (secondary N) is 1. The number of rotatable bonds is 3. The summed E-state index contributed by atoms with van der Waals surface area (Å²) in [5.41, 5.74) is 6.34. The molecule has 2 heterocycles. The summed E-state index contributed by atoms with van der Waals surface area (Å²) in [6, 6.07) is 3.49. The molecule has 2 aliphatic rings. The zero-order valence-electron chi connectivity index (χ0n) is 16.6. The van der Waals surface area contributed by atoms with E-state index in [0.29, 0.717) is 17.4 Å². The summed E-state index contributed by atoms with van der Waals surface area (Å²) in [5, 5.41) is 2.64. The molecule has 0 saturated carbocycles. The van der Waals surface area contributed by atoms with Gasteiger partial charge in [0.15, 0.2) is 0 Å². The molecule has 6 nitrogen and oxygen atoms in total. The van der Waals surface area contributed by atoms with Crippen LogP contribution in [0.15, 0.2) is 12.1 Å². The second-order valence-electron chi connectivity index (χ2n) is 8.48. The maximum absolute atomic E-state index is 14.5. The summed E-state index contributed by atoms with van der Waals surface area (Å²) in [4.78, 5) is 16.6. The molecule has 3 rings (SSSR count). The van der Waals surface area contributed by atoms with Gasteiger partial charge in [-0.15, -0.1) is 0 Å². The minimum Gasteiger partial charge on any atom is -0.444 e. The Kier molecular flexibility index (Phi) is 5.79. The van der Waals surface area contributed by atoms with Crippen LogP contribution in [-0.2, 0) is 4.74 Å². The fourth-order valence-electron chi connectivity index (χ4n) is 3.92. The van der Waals surface area contributed by atoms with Gasteiger partial charge < -0.3 is 20.3 Å². The fourth-order valence-corrected chi connectivity index (χ4v) is 3.92. The van der Waals surface area contributed by atoms with Gasteiger partial charge in [-0.1, -0.05) is 0 Å². The number of piperidine rings is 1. The lowest BCUT2D eigenvalue weighted by atomic mass is 10.0. The van der Waals surface area contributed by atoms with Gasteiger partial charge in [-0.05, 0) is 65.6 Å². The molecule has 2 saturated heterocycles. The van der Waals surface area contributed by atoms with Crippen LogP contribution in [-0.4, -0.2) is 48.8 Å². The molecule has 3 N–H and O–H groups in total. The van der Waals surface area contributed by atoms with Gasteiger partial charge in [-0.3, -0.25) is 5.32 Å². The van der Waals surface area contributed by atoms with Crippen LogP contribution in [0.4, 0.5) is 26.2 Å². The van der Waals surface area contributed by atoms with Crippen molar-refractivity contribution in [1.82, 2.24) is 4.90 Å². The van der Waals surface area contributed by atoms with E-state index in [1.54, 1.807) is 26.8 Å². The van der Waals surface area contributed by atoms with Crippen LogP contribution < -0.4 is 16.0 Å². The summed E-state index contributed by atoms with van der Waals surface area (Å²) in [6.07, 6.45) is 4.02. The summed E-state index contributed by atoms with van der Waals surface area (Å²) in [6.45, 7) is 9.33. The first-order chi connectivity index (χ1) is 12.7. The maximum atomic E-state index is 14.5. The second-order valence-corrected chi connectivity index (χ2v) is 8.48. The van der Waals surface area contributed by atoms with Crippen LogP contribution in [0, 0.1) is 5.82 Å². The van der Waals surface area contributed by atoms with Crippen molar-refractivity contribution in [2.75, 3.05) is 42.1 Å². The number of nitrogen functional groups attached to an aromatic ring is 1. The molecule has 0 unspecified atom stereocenters. The molecule has 0 spiro atoms. The van der Waals surface area contributed by atoms with Crippen molar-refractivity contribution in [1.29, 1.82) is 0 Å². The lowest BCUT2D eigenvalue weighted by molar-refractivity contribution is 0.0636. The molecular formula is C20H31FN4O2. The highest BCUT2D eigenvalue weighted by molar-refractivity contribution is 5.90. The lowest BCUT2D eigenvalue weighted by Gasteiger charge is -2.38. The topological polar surface area (TPSA) is 70.8 Å². The maximum Gasteiger partial charge on any atom is 0.412 e. The highest BCUT2D eigenvalue weighted by atomic mass is 19.1. The quantitative estimate of drug-likeness (QED) is 0.783. The number of ether oxygens (including phenoxy) is 1. The Balaban J connectivity index is 1.68. The van der Waals surface area contributed by atoms with Crippen molar-refractivity contribution in [3.63, 3.8) is 0 Å². The van der Waals surface area contributed by atoms with Crippen molar-refractivity contribution < 1.29 is 13.9 Å². The Bertz CT molecular complexity index is 675. The molecule has 1 aromatic carbocycles. The van der Waals surface area contributed by atoms with E-state index in [4.69, 9.17) is 10.5 Å². The van der Waals surface area contributed by atoms with E-state index in [2.05, 4.69) is 10.2 Å². The Morgan fingerprint density at radius 1 is 1.19 bits per heavy atom. The van der Waals surface area contributed by atoms with E-state index in [9.17, 15) is 9.18 Å². The van der Waals surface area contributed by atoms with Crippen molar-refractivity contribution in [2.24, 2.45) is 0 Å². The van der Waals surface area contributed by atoms with E-state index in [0.717, 1.165) is 25.9 Å². The Labute approximate surface area is 160 Å². The summed E-state index contributed by atoms with van der Waals surface area (Å²) >= 11 is 0. The number of anilines is 3. The van der Waals surface area contributed by atoms with Crippen molar-refractivity contribution in [3.8, 4) is 0 Å². The Hall–Kier alpha value is -2.02. The van der Waals surface area contributed by atoms with Crippen LogP contribution in [0.2, 0.25) is 0 Å². The second kappa shape index (κ2) is 7.92. The van der Waals surface area contributed by atoms with E-state index in [1.807, 2.05) is 4.90 Å². The third-order valence-electron chi connectivity index (χ3n) is 5.22.